The van der Waals surface area contributed by atoms with Gasteiger partial charge in [-0.1, -0.05) is 12.8 Å². The smallest absolute Gasteiger partial charge is 0.262 e. The summed E-state index contributed by atoms with van der Waals surface area (Å²) < 4.78 is 14.1. The van der Waals surface area contributed by atoms with Crippen LogP contribution in [0.1, 0.15) is 53.4 Å². The molecular weight excluding hydrogens is 304 g/mol. The number of unbranched alkanes of at least 4 members (excludes halogenated alkanes) is 3. The van der Waals surface area contributed by atoms with Crippen LogP contribution >= 0.6 is 17.3 Å². The van der Waals surface area contributed by atoms with Crippen molar-refractivity contribution in [2.45, 2.75) is 65.5 Å². The van der Waals surface area contributed by atoms with Crippen molar-refractivity contribution >= 4 is 17.3 Å². The molecule has 21 heavy (non-hydrogen) atoms. The molecular formula is C14H31N3O2P2. The Labute approximate surface area is 133 Å². The van der Waals surface area contributed by atoms with Gasteiger partial charge in [0.25, 0.3) is 8.53 Å². The highest BCUT2D eigenvalue weighted by atomic mass is 31.2. The average molecular weight is 335 g/mol. The van der Waals surface area contributed by atoms with Gasteiger partial charge in [-0.3, -0.25) is 0 Å². The second-order valence-corrected chi connectivity index (χ2v) is 7.98. The Balaban J connectivity index is 4.27. The monoisotopic (exact) mass is 335 g/mol. The van der Waals surface area contributed by atoms with Gasteiger partial charge < -0.3 is 14.6 Å². The van der Waals surface area contributed by atoms with E-state index in [4.69, 9.17) is 19.8 Å². The van der Waals surface area contributed by atoms with E-state index in [-0.39, 0.29) is 8.81 Å². The van der Waals surface area contributed by atoms with Gasteiger partial charge in [0.1, 0.15) is 0 Å². The Morgan fingerprint density at radius 3 is 2.29 bits per heavy atom. The molecule has 2 atom stereocenters. The fourth-order valence-electron chi connectivity index (χ4n) is 1.98. The van der Waals surface area contributed by atoms with Crippen molar-refractivity contribution < 1.29 is 8.83 Å². The zero-order valence-electron chi connectivity index (χ0n) is 13.8. The molecule has 0 saturated heterocycles. The second-order valence-electron chi connectivity index (χ2n) is 5.41. The predicted octanol–water partition coefficient (Wildman–Crippen LogP) is 4.00. The number of hydrogen-bond donors (Lipinski definition) is 1. The minimum Gasteiger partial charge on any atom is -0.330 e. The first-order valence-corrected chi connectivity index (χ1v) is 9.97. The lowest BCUT2D eigenvalue weighted by Gasteiger charge is -2.35. The van der Waals surface area contributed by atoms with Gasteiger partial charge in [-0.25, -0.2) is 4.67 Å². The fraction of sp³-hybridized carbons (Fsp3) is 0.929. The Hall–Kier alpha value is 0.190. The van der Waals surface area contributed by atoms with E-state index < -0.39 is 8.53 Å². The summed E-state index contributed by atoms with van der Waals surface area (Å²) in [5, 5.41) is 8.65. The molecule has 0 aromatic rings. The van der Waals surface area contributed by atoms with Crippen molar-refractivity contribution in [2.24, 2.45) is 5.73 Å². The minimum atomic E-state index is -1.07. The van der Waals surface area contributed by atoms with E-state index in [9.17, 15) is 0 Å². The van der Waals surface area contributed by atoms with Crippen molar-refractivity contribution in [1.82, 2.24) is 4.67 Å². The molecule has 5 nitrogen and oxygen atoms in total. The molecule has 0 rings (SSSR count). The second kappa shape index (κ2) is 13.8. The molecule has 0 radical (unpaired) electrons. The number of nitrogens with two attached hydrogens (primary N) is 1. The van der Waals surface area contributed by atoms with Gasteiger partial charge in [-0.2, -0.15) is 5.26 Å². The van der Waals surface area contributed by atoms with E-state index in [0.29, 0.717) is 24.9 Å². The molecule has 0 aliphatic rings. The van der Waals surface area contributed by atoms with Crippen LogP contribution in [0.15, 0.2) is 0 Å². The lowest BCUT2D eigenvalue weighted by atomic mass is 10.2. The summed E-state index contributed by atoms with van der Waals surface area (Å²) in [6, 6.07) is 2.85. The zero-order valence-corrected chi connectivity index (χ0v) is 15.7. The molecule has 0 aromatic carbocycles. The first-order valence-electron chi connectivity index (χ1n) is 7.72. The lowest BCUT2D eigenvalue weighted by molar-refractivity contribution is 0.218. The molecule has 0 spiro atoms. The highest BCUT2D eigenvalue weighted by molar-refractivity contribution is 7.53. The maximum atomic E-state index is 8.65. The van der Waals surface area contributed by atoms with Gasteiger partial charge in [0.15, 0.2) is 0 Å². The number of nitriles is 1. The van der Waals surface area contributed by atoms with Crippen molar-refractivity contribution in [3.8, 4) is 6.07 Å². The summed E-state index contributed by atoms with van der Waals surface area (Å²) >= 11 is 0. The van der Waals surface area contributed by atoms with Gasteiger partial charge in [0, 0.05) is 20.9 Å². The van der Waals surface area contributed by atoms with Crippen LogP contribution in [0.3, 0.4) is 0 Å². The van der Waals surface area contributed by atoms with E-state index in [2.05, 4.69) is 38.4 Å². The number of hydrogen-bond acceptors (Lipinski definition) is 5. The fourth-order valence-corrected chi connectivity index (χ4v) is 4.50. The molecule has 0 aliphatic carbocycles. The third-order valence-corrected chi connectivity index (χ3v) is 5.99. The van der Waals surface area contributed by atoms with E-state index in [1.165, 1.54) is 0 Å². The Kier molecular flexibility index (Phi) is 14.0. The van der Waals surface area contributed by atoms with Gasteiger partial charge in [0.05, 0.1) is 18.8 Å². The predicted molar refractivity (Wildman–Crippen MR) is 92.4 cm³/mol. The van der Waals surface area contributed by atoms with Crippen molar-refractivity contribution in [3.05, 3.63) is 0 Å². The van der Waals surface area contributed by atoms with Gasteiger partial charge in [0.2, 0.25) is 0 Å². The Morgan fingerprint density at radius 2 is 1.76 bits per heavy atom. The molecule has 2 unspecified atom stereocenters. The third kappa shape index (κ3) is 10.5. The standard InChI is InChI=1S/C14H31N3O2P2/c1-13(2)17(14(3)4)21(19-20-12-10-16)18-11-8-6-5-7-9-15/h13-14,20H,5-9,11-12,15H2,1-4H3. The zero-order chi connectivity index (χ0) is 16.1. The number of rotatable bonds is 13. The normalized spacial score (nSPS) is 13.7. The highest BCUT2D eigenvalue weighted by Gasteiger charge is 2.26. The molecule has 7 heteroatoms. The maximum Gasteiger partial charge on any atom is 0.262 e. The summed E-state index contributed by atoms with van der Waals surface area (Å²) in [7, 11) is -0.882. The van der Waals surface area contributed by atoms with Crippen LogP contribution in [-0.2, 0) is 8.83 Å². The van der Waals surface area contributed by atoms with Crippen LogP contribution in [-0.4, -0.2) is 36.1 Å². The number of nitrogens with zero attached hydrogens (tertiary/aromatic N) is 2. The van der Waals surface area contributed by atoms with Gasteiger partial charge in [-0.15, -0.1) is 0 Å². The maximum absolute atomic E-state index is 8.65. The molecule has 0 amide bonds. The Bertz CT molecular complexity index is 278. The van der Waals surface area contributed by atoms with E-state index in [1.807, 2.05) is 0 Å². The third-order valence-electron chi connectivity index (χ3n) is 2.84. The van der Waals surface area contributed by atoms with Crippen LogP contribution in [0.25, 0.3) is 0 Å². The van der Waals surface area contributed by atoms with Crippen molar-refractivity contribution in [3.63, 3.8) is 0 Å². The summed E-state index contributed by atoms with van der Waals surface area (Å²) in [6.07, 6.45) is 4.85. The summed E-state index contributed by atoms with van der Waals surface area (Å²) in [6.45, 7) is 10.1. The minimum absolute atomic E-state index is 0.187. The van der Waals surface area contributed by atoms with Gasteiger partial charge in [-0.05, 0) is 47.1 Å². The Morgan fingerprint density at radius 1 is 1.14 bits per heavy atom. The van der Waals surface area contributed by atoms with Crippen LogP contribution in [0.5, 0.6) is 0 Å². The van der Waals surface area contributed by atoms with Crippen LogP contribution in [0.4, 0.5) is 0 Å². The molecule has 0 bridgehead atoms. The first-order chi connectivity index (χ1) is 10.0. The summed E-state index contributed by atoms with van der Waals surface area (Å²) in [5.41, 5.74) is 5.49. The lowest BCUT2D eigenvalue weighted by Crippen LogP contribution is -2.33. The van der Waals surface area contributed by atoms with E-state index >= 15 is 0 Å². The molecule has 0 aromatic heterocycles. The van der Waals surface area contributed by atoms with Crippen LogP contribution in [0, 0.1) is 11.3 Å². The molecule has 0 saturated carbocycles. The largest absolute Gasteiger partial charge is 0.330 e. The quantitative estimate of drug-likeness (QED) is 0.407. The SMILES string of the molecule is CC(C)N(C(C)C)P(OCCCCCCN)OPCC#N. The summed E-state index contributed by atoms with van der Waals surface area (Å²) in [5.74, 6) is 0. The average Bonchev–Trinajstić information content (AvgIpc) is 2.41. The van der Waals surface area contributed by atoms with Crippen LogP contribution < -0.4 is 5.73 Å². The molecule has 124 valence electrons. The first kappa shape index (κ1) is 21.2. The van der Waals surface area contributed by atoms with Crippen molar-refractivity contribution in [1.29, 1.82) is 5.26 Å². The molecule has 2 N–H and O–H groups in total. The molecule has 0 heterocycles. The van der Waals surface area contributed by atoms with E-state index in [1.54, 1.807) is 0 Å². The van der Waals surface area contributed by atoms with Crippen LogP contribution in [0.2, 0.25) is 0 Å². The van der Waals surface area contributed by atoms with E-state index in [0.717, 1.165) is 32.2 Å². The molecule has 0 fully saturated rings. The van der Waals surface area contributed by atoms with Crippen molar-refractivity contribution in [2.75, 3.05) is 19.3 Å². The highest BCUT2D eigenvalue weighted by Crippen LogP contribution is 2.50. The topological polar surface area (TPSA) is 71.5 Å². The van der Waals surface area contributed by atoms with Gasteiger partial charge >= 0.3 is 0 Å². The summed E-state index contributed by atoms with van der Waals surface area (Å²) in [4.78, 5) is 0. The molecule has 0 aliphatic heterocycles.